The van der Waals surface area contributed by atoms with Gasteiger partial charge in [0.15, 0.2) is 0 Å². The molecule has 0 radical (unpaired) electrons. The molecule has 1 amide bonds. The Kier molecular flexibility index (Phi) is 4.36. The molecule has 1 aliphatic rings. The first-order valence-electron chi connectivity index (χ1n) is 6.12. The predicted molar refractivity (Wildman–Crippen MR) is 70.6 cm³/mol. The number of hydrogen-bond acceptors (Lipinski definition) is 3. The highest BCUT2D eigenvalue weighted by Gasteiger charge is 2.22. The Bertz CT molecular complexity index is 407. The van der Waals surface area contributed by atoms with Gasteiger partial charge in [0.25, 0.3) is 0 Å². The molecule has 1 heterocycles. The molecule has 18 heavy (non-hydrogen) atoms. The zero-order valence-corrected chi connectivity index (χ0v) is 10.3. The van der Waals surface area contributed by atoms with E-state index in [-0.39, 0.29) is 12.0 Å². The van der Waals surface area contributed by atoms with Gasteiger partial charge in [-0.25, -0.2) is 0 Å². The van der Waals surface area contributed by atoms with Gasteiger partial charge in [-0.05, 0) is 11.6 Å². The maximum atomic E-state index is 11.5. The minimum absolute atomic E-state index is 0.0172. The molecule has 96 valence electrons. The van der Waals surface area contributed by atoms with E-state index in [1.807, 2.05) is 18.2 Å². The summed E-state index contributed by atoms with van der Waals surface area (Å²) in [6, 6.07) is 7.98. The van der Waals surface area contributed by atoms with Crippen molar-refractivity contribution in [2.45, 2.75) is 12.5 Å². The number of para-hydroxylation sites is 1. The Morgan fingerprint density at radius 1 is 1.50 bits per heavy atom. The second-order valence-corrected chi connectivity index (χ2v) is 4.28. The molecular weight excluding hydrogens is 228 g/mol. The number of amides is 1. The fraction of sp³-hybridized carbons (Fsp3) is 0.357. The normalized spacial score (nSPS) is 16.8. The summed E-state index contributed by atoms with van der Waals surface area (Å²) < 4.78 is 5.73. The zero-order chi connectivity index (χ0) is 12.8. The molecule has 1 aromatic rings. The van der Waals surface area contributed by atoms with Crippen LogP contribution in [0.25, 0.3) is 0 Å². The number of benzene rings is 1. The van der Waals surface area contributed by atoms with Crippen LogP contribution in [-0.2, 0) is 11.2 Å². The van der Waals surface area contributed by atoms with Gasteiger partial charge in [-0.15, -0.1) is 6.58 Å². The van der Waals surface area contributed by atoms with E-state index in [1.54, 1.807) is 6.08 Å². The van der Waals surface area contributed by atoms with Crippen molar-refractivity contribution in [3.63, 3.8) is 0 Å². The molecule has 0 saturated carbocycles. The molecule has 1 aromatic carbocycles. The van der Waals surface area contributed by atoms with Crippen LogP contribution in [0.1, 0.15) is 5.56 Å². The summed E-state index contributed by atoms with van der Waals surface area (Å²) in [7, 11) is 0. The van der Waals surface area contributed by atoms with Gasteiger partial charge in [0.2, 0.25) is 5.91 Å². The number of fused-ring (bicyclic) bond motifs is 1. The smallest absolute Gasteiger partial charge is 0.234 e. The molecule has 2 rings (SSSR count). The topological polar surface area (TPSA) is 50.4 Å². The maximum absolute atomic E-state index is 11.5. The van der Waals surface area contributed by atoms with Crippen molar-refractivity contribution < 1.29 is 9.53 Å². The van der Waals surface area contributed by atoms with Crippen molar-refractivity contribution in [3.05, 3.63) is 42.5 Å². The summed E-state index contributed by atoms with van der Waals surface area (Å²) in [6.07, 6.45) is 2.63. The average Bonchev–Trinajstić information content (AvgIpc) is 2.79. The Hall–Kier alpha value is -1.81. The van der Waals surface area contributed by atoms with Gasteiger partial charge < -0.3 is 15.4 Å². The molecule has 0 aromatic heterocycles. The van der Waals surface area contributed by atoms with Gasteiger partial charge in [-0.2, -0.15) is 0 Å². The number of ether oxygens (including phenoxy) is 1. The summed E-state index contributed by atoms with van der Waals surface area (Å²) in [5.41, 5.74) is 1.21. The minimum Gasteiger partial charge on any atom is -0.488 e. The summed E-state index contributed by atoms with van der Waals surface area (Å²) in [5, 5.41) is 5.81. The van der Waals surface area contributed by atoms with E-state index in [0.29, 0.717) is 19.6 Å². The third-order valence-corrected chi connectivity index (χ3v) is 2.81. The Labute approximate surface area is 107 Å². The van der Waals surface area contributed by atoms with E-state index in [4.69, 9.17) is 4.74 Å². The van der Waals surface area contributed by atoms with E-state index in [9.17, 15) is 4.79 Å². The van der Waals surface area contributed by atoms with Crippen LogP contribution in [0.3, 0.4) is 0 Å². The summed E-state index contributed by atoms with van der Waals surface area (Å²) in [5.74, 6) is 0.915. The van der Waals surface area contributed by atoms with Crippen LogP contribution in [0.2, 0.25) is 0 Å². The van der Waals surface area contributed by atoms with Crippen LogP contribution < -0.4 is 15.4 Å². The van der Waals surface area contributed by atoms with Crippen LogP contribution >= 0.6 is 0 Å². The lowest BCUT2D eigenvalue weighted by Gasteiger charge is -2.12. The summed E-state index contributed by atoms with van der Waals surface area (Å²) >= 11 is 0. The average molecular weight is 246 g/mol. The van der Waals surface area contributed by atoms with Gasteiger partial charge in [0.05, 0.1) is 13.1 Å². The second-order valence-electron chi connectivity index (χ2n) is 4.28. The molecule has 4 heteroatoms. The number of carbonyl (C=O) groups excluding carboxylic acids is 1. The molecule has 0 fully saturated rings. The van der Waals surface area contributed by atoms with Gasteiger partial charge >= 0.3 is 0 Å². The van der Waals surface area contributed by atoms with E-state index in [2.05, 4.69) is 23.3 Å². The number of carbonyl (C=O) groups is 1. The summed E-state index contributed by atoms with van der Waals surface area (Å²) in [4.78, 5) is 11.5. The van der Waals surface area contributed by atoms with Crippen molar-refractivity contribution in [2.24, 2.45) is 0 Å². The molecule has 0 spiro atoms. The maximum Gasteiger partial charge on any atom is 0.234 e. The number of nitrogens with one attached hydrogen (secondary N) is 2. The van der Waals surface area contributed by atoms with Crippen LogP contribution in [0, 0.1) is 0 Å². The molecular formula is C14H18N2O2. The third kappa shape index (κ3) is 3.34. The molecule has 1 unspecified atom stereocenters. The molecule has 0 saturated heterocycles. The Morgan fingerprint density at radius 3 is 3.11 bits per heavy atom. The molecule has 4 nitrogen and oxygen atoms in total. The largest absolute Gasteiger partial charge is 0.488 e. The van der Waals surface area contributed by atoms with Crippen molar-refractivity contribution in [3.8, 4) is 5.75 Å². The van der Waals surface area contributed by atoms with Gasteiger partial charge in [0, 0.05) is 13.0 Å². The van der Waals surface area contributed by atoms with Crippen LogP contribution in [-0.4, -0.2) is 31.6 Å². The first-order chi connectivity index (χ1) is 8.79. The lowest BCUT2D eigenvalue weighted by molar-refractivity contribution is -0.120. The molecule has 1 atom stereocenters. The van der Waals surface area contributed by atoms with Crippen molar-refractivity contribution in [1.82, 2.24) is 10.6 Å². The third-order valence-electron chi connectivity index (χ3n) is 2.81. The predicted octanol–water partition coefficient (Wildman–Crippen LogP) is 0.882. The van der Waals surface area contributed by atoms with Crippen LogP contribution in [0.4, 0.5) is 0 Å². The monoisotopic (exact) mass is 246 g/mol. The van der Waals surface area contributed by atoms with Gasteiger partial charge in [-0.1, -0.05) is 24.3 Å². The van der Waals surface area contributed by atoms with Crippen LogP contribution in [0.15, 0.2) is 36.9 Å². The van der Waals surface area contributed by atoms with E-state index < -0.39 is 0 Å². The van der Waals surface area contributed by atoms with Crippen LogP contribution in [0.5, 0.6) is 5.75 Å². The fourth-order valence-corrected chi connectivity index (χ4v) is 1.95. The lowest BCUT2D eigenvalue weighted by Crippen LogP contribution is -2.39. The SMILES string of the molecule is C=CCNCC(=O)NCC1Cc2ccccc2O1. The number of hydrogen-bond donors (Lipinski definition) is 2. The van der Waals surface area contributed by atoms with Gasteiger partial charge in [0.1, 0.15) is 11.9 Å². The van der Waals surface area contributed by atoms with Crippen molar-refractivity contribution in [1.29, 1.82) is 0 Å². The van der Waals surface area contributed by atoms with E-state index in [1.165, 1.54) is 5.56 Å². The standard InChI is InChI=1S/C14H18N2O2/c1-2-7-15-10-14(17)16-9-12-8-11-5-3-4-6-13(11)18-12/h2-6,12,15H,1,7-10H2,(H,16,17). The highest BCUT2D eigenvalue weighted by atomic mass is 16.5. The minimum atomic E-state index is -0.0172. The first kappa shape index (κ1) is 12.6. The fourth-order valence-electron chi connectivity index (χ4n) is 1.95. The Morgan fingerprint density at radius 2 is 2.33 bits per heavy atom. The molecule has 1 aliphatic heterocycles. The molecule has 0 aliphatic carbocycles. The van der Waals surface area contributed by atoms with Gasteiger partial charge in [-0.3, -0.25) is 4.79 Å². The van der Waals surface area contributed by atoms with Crippen molar-refractivity contribution in [2.75, 3.05) is 19.6 Å². The van der Waals surface area contributed by atoms with E-state index in [0.717, 1.165) is 12.2 Å². The summed E-state index contributed by atoms with van der Waals surface area (Å²) in [6.45, 7) is 5.07. The quantitative estimate of drug-likeness (QED) is 0.579. The highest BCUT2D eigenvalue weighted by Crippen LogP contribution is 2.27. The first-order valence-corrected chi connectivity index (χ1v) is 6.12. The number of rotatable bonds is 6. The molecule has 0 bridgehead atoms. The highest BCUT2D eigenvalue weighted by molar-refractivity contribution is 5.78. The second kappa shape index (κ2) is 6.21. The Balaban J connectivity index is 1.70. The van der Waals surface area contributed by atoms with Crippen molar-refractivity contribution >= 4 is 5.91 Å². The van der Waals surface area contributed by atoms with E-state index >= 15 is 0 Å². The zero-order valence-electron chi connectivity index (χ0n) is 10.3. The lowest BCUT2D eigenvalue weighted by atomic mass is 10.1. The molecule has 2 N–H and O–H groups in total.